The van der Waals surface area contributed by atoms with Crippen molar-refractivity contribution < 1.29 is 0 Å². The van der Waals surface area contributed by atoms with E-state index in [1.165, 1.54) is 11.1 Å². The van der Waals surface area contributed by atoms with Crippen LogP contribution in [0.5, 0.6) is 0 Å². The third-order valence-corrected chi connectivity index (χ3v) is 2.12. The molecule has 2 rings (SSSR count). The lowest BCUT2D eigenvalue weighted by atomic mass is 10.1. The van der Waals surface area contributed by atoms with Gasteiger partial charge in [0.15, 0.2) is 0 Å². The van der Waals surface area contributed by atoms with E-state index in [1.807, 2.05) is 0 Å². The van der Waals surface area contributed by atoms with Crippen molar-refractivity contribution in [1.29, 1.82) is 0 Å². The van der Waals surface area contributed by atoms with Crippen LogP contribution in [-0.4, -0.2) is 0 Å². The molecule has 1 heteroatoms. The van der Waals surface area contributed by atoms with E-state index >= 15 is 0 Å². The Morgan fingerprint density at radius 2 is 2.20 bits per heavy atom. The van der Waals surface area contributed by atoms with Gasteiger partial charge in [0.05, 0.1) is 0 Å². The standard InChI is InChI=1S/C9H11N/c1-7-9-5-3-2-4-8(9)6-10-7/h2-5,7,10H,6H2,1H3. The van der Waals surface area contributed by atoms with E-state index in [1.54, 1.807) is 0 Å². The van der Waals surface area contributed by atoms with E-state index in [9.17, 15) is 0 Å². The molecular formula is C9H11N. The van der Waals surface area contributed by atoms with Gasteiger partial charge in [0.2, 0.25) is 0 Å². The molecule has 0 aromatic heterocycles. The number of fused-ring (bicyclic) bond motifs is 1. The highest BCUT2D eigenvalue weighted by molar-refractivity contribution is 5.32. The molecule has 1 atom stereocenters. The third kappa shape index (κ3) is 0.745. The number of nitrogens with one attached hydrogen (secondary N) is 1. The van der Waals surface area contributed by atoms with Crippen molar-refractivity contribution in [3.63, 3.8) is 0 Å². The lowest BCUT2D eigenvalue weighted by molar-refractivity contribution is 0.633. The van der Waals surface area contributed by atoms with Crippen LogP contribution in [0.1, 0.15) is 24.1 Å². The highest BCUT2D eigenvalue weighted by Crippen LogP contribution is 2.23. The van der Waals surface area contributed by atoms with E-state index in [0.29, 0.717) is 6.04 Å². The lowest BCUT2D eigenvalue weighted by Gasteiger charge is -2.01. The van der Waals surface area contributed by atoms with Crippen LogP contribution in [0.25, 0.3) is 0 Å². The van der Waals surface area contributed by atoms with Crippen molar-refractivity contribution in [3.05, 3.63) is 35.4 Å². The Kier molecular flexibility index (Phi) is 1.24. The number of hydrogen-bond acceptors (Lipinski definition) is 1. The van der Waals surface area contributed by atoms with Gasteiger partial charge in [-0.3, -0.25) is 0 Å². The third-order valence-electron chi connectivity index (χ3n) is 2.12. The minimum Gasteiger partial charge on any atom is -0.306 e. The first kappa shape index (κ1) is 5.93. The van der Waals surface area contributed by atoms with Crippen molar-refractivity contribution in [2.24, 2.45) is 0 Å². The van der Waals surface area contributed by atoms with Gasteiger partial charge >= 0.3 is 0 Å². The first-order valence-corrected chi connectivity index (χ1v) is 3.69. The normalized spacial score (nSPS) is 22.7. The van der Waals surface area contributed by atoms with E-state index in [2.05, 4.69) is 36.5 Å². The average molecular weight is 133 g/mol. The second-order valence-electron chi connectivity index (χ2n) is 2.80. The number of hydrogen-bond donors (Lipinski definition) is 1. The van der Waals surface area contributed by atoms with Crippen molar-refractivity contribution in [1.82, 2.24) is 5.32 Å². The van der Waals surface area contributed by atoms with Gasteiger partial charge in [-0.1, -0.05) is 24.3 Å². The fraction of sp³-hybridized carbons (Fsp3) is 0.333. The van der Waals surface area contributed by atoms with Gasteiger partial charge in [-0.05, 0) is 18.1 Å². The molecule has 1 aromatic carbocycles. The molecule has 0 saturated carbocycles. The highest BCUT2D eigenvalue weighted by Gasteiger charge is 2.15. The van der Waals surface area contributed by atoms with Crippen LogP contribution in [0.4, 0.5) is 0 Å². The molecule has 1 aromatic rings. The Balaban J connectivity index is 2.51. The van der Waals surface area contributed by atoms with Gasteiger partial charge in [0, 0.05) is 12.6 Å². The van der Waals surface area contributed by atoms with Crippen molar-refractivity contribution in [3.8, 4) is 0 Å². The molecule has 52 valence electrons. The number of rotatable bonds is 0. The largest absolute Gasteiger partial charge is 0.306 e. The molecule has 1 unspecified atom stereocenters. The molecular weight excluding hydrogens is 122 g/mol. The van der Waals surface area contributed by atoms with E-state index < -0.39 is 0 Å². The van der Waals surface area contributed by atoms with Gasteiger partial charge in [-0.2, -0.15) is 0 Å². The summed E-state index contributed by atoms with van der Waals surface area (Å²) in [6, 6.07) is 9.13. The lowest BCUT2D eigenvalue weighted by Crippen LogP contribution is -2.06. The molecule has 1 aliphatic rings. The van der Waals surface area contributed by atoms with E-state index in [4.69, 9.17) is 0 Å². The zero-order chi connectivity index (χ0) is 6.97. The minimum atomic E-state index is 0.552. The Morgan fingerprint density at radius 1 is 1.40 bits per heavy atom. The monoisotopic (exact) mass is 133 g/mol. The van der Waals surface area contributed by atoms with E-state index in [-0.39, 0.29) is 0 Å². The first-order chi connectivity index (χ1) is 4.88. The summed E-state index contributed by atoms with van der Waals surface area (Å²) in [5, 5.41) is 3.38. The summed E-state index contributed by atoms with van der Waals surface area (Å²) < 4.78 is 0. The molecule has 1 heterocycles. The molecule has 0 amide bonds. The molecule has 0 aliphatic carbocycles. The van der Waals surface area contributed by atoms with Gasteiger partial charge in [0.25, 0.3) is 0 Å². The Hall–Kier alpha value is -0.820. The van der Waals surface area contributed by atoms with Gasteiger partial charge in [-0.15, -0.1) is 0 Å². The van der Waals surface area contributed by atoms with Crippen LogP contribution in [0.15, 0.2) is 24.3 Å². The molecule has 0 bridgehead atoms. The quantitative estimate of drug-likeness (QED) is 0.569. The molecule has 1 aliphatic heterocycles. The smallest absolute Gasteiger partial charge is 0.0298 e. The summed E-state index contributed by atoms with van der Waals surface area (Å²) in [5.74, 6) is 0. The summed E-state index contributed by atoms with van der Waals surface area (Å²) in [6.45, 7) is 3.24. The summed E-state index contributed by atoms with van der Waals surface area (Å²) in [4.78, 5) is 0. The van der Waals surface area contributed by atoms with Crippen LogP contribution in [0, 0.1) is 0 Å². The summed E-state index contributed by atoms with van der Waals surface area (Å²) >= 11 is 0. The van der Waals surface area contributed by atoms with Crippen LogP contribution >= 0.6 is 0 Å². The summed E-state index contributed by atoms with van der Waals surface area (Å²) in [5.41, 5.74) is 2.91. The van der Waals surface area contributed by atoms with Crippen molar-refractivity contribution in [2.45, 2.75) is 19.5 Å². The maximum absolute atomic E-state index is 3.38. The maximum Gasteiger partial charge on any atom is 0.0298 e. The Bertz CT molecular complexity index is 242. The maximum atomic E-state index is 3.38. The zero-order valence-electron chi connectivity index (χ0n) is 6.09. The molecule has 10 heavy (non-hydrogen) atoms. The molecule has 0 fully saturated rings. The Morgan fingerprint density at radius 3 is 3.00 bits per heavy atom. The molecule has 1 N–H and O–H groups in total. The van der Waals surface area contributed by atoms with E-state index in [0.717, 1.165) is 6.54 Å². The molecule has 0 saturated heterocycles. The summed E-state index contributed by atoms with van der Waals surface area (Å²) in [6.07, 6.45) is 0. The first-order valence-electron chi connectivity index (χ1n) is 3.69. The molecule has 0 spiro atoms. The van der Waals surface area contributed by atoms with Crippen LogP contribution in [0.3, 0.4) is 0 Å². The van der Waals surface area contributed by atoms with Crippen molar-refractivity contribution >= 4 is 0 Å². The van der Waals surface area contributed by atoms with Crippen LogP contribution in [-0.2, 0) is 6.54 Å². The van der Waals surface area contributed by atoms with Gasteiger partial charge in [0.1, 0.15) is 0 Å². The summed E-state index contributed by atoms with van der Waals surface area (Å²) in [7, 11) is 0. The molecule has 0 radical (unpaired) electrons. The highest BCUT2D eigenvalue weighted by atomic mass is 14.9. The predicted octanol–water partition coefficient (Wildman–Crippen LogP) is 1.85. The second-order valence-corrected chi connectivity index (χ2v) is 2.80. The Labute approximate surface area is 61.1 Å². The zero-order valence-corrected chi connectivity index (χ0v) is 6.09. The number of benzene rings is 1. The van der Waals surface area contributed by atoms with Crippen LogP contribution < -0.4 is 5.32 Å². The average Bonchev–Trinajstić information content (AvgIpc) is 2.34. The predicted molar refractivity (Wildman–Crippen MR) is 41.7 cm³/mol. The second kappa shape index (κ2) is 2.10. The van der Waals surface area contributed by atoms with Crippen molar-refractivity contribution in [2.75, 3.05) is 0 Å². The van der Waals surface area contributed by atoms with Gasteiger partial charge in [-0.25, -0.2) is 0 Å². The van der Waals surface area contributed by atoms with Gasteiger partial charge < -0.3 is 5.32 Å². The van der Waals surface area contributed by atoms with Crippen LogP contribution in [0.2, 0.25) is 0 Å². The fourth-order valence-corrected chi connectivity index (χ4v) is 1.49. The topological polar surface area (TPSA) is 12.0 Å². The molecule has 1 nitrogen and oxygen atoms in total. The SMILES string of the molecule is CC1NCc2ccccc21. The minimum absolute atomic E-state index is 0.552. The fourth-order valence-electron chi connectivity index (χ4n) is 1.49.